The van der Waals surface area contributed by atoms with Crippen LogP contribution in [0.3, 0.4) is 0 Å². The van der Waals surface area contributed by atoms with Crippen LogP contribution < -0.4 is 10.5 Å². The fourth-order valence-corrected chi connectivity index (χ4v) is 2.19. The number of aryl methyl sites for hydroxylation is 2. The summed E-state index contributed by atoms with van der Waals surface area (Å²) in [5.74, 6) is 0.764. The lowest BCUT2D eigenvalue weighted by atomic mass is 9.99. The molecule has 1 aromatic heterocycles. The fourth-order valence-electron chi connectivity index (χ4n) is 2.19. The Hall–Kier alpha value is -1.87. The van der Waals surface area contributed by atoms with Crippen molar-refractivity contribution in [2.75, 3.05) is 7.11 Å². The molecule has 0 amide bonds. The van der Waals surface area contributed by atoms with Gasteiger partial charge in [0, 0.05) is 6.20 Å². The van der Waals surface area contributed by atoms with Gasteiger partial charge < -0.3 is 10.5 Å². The number of methoxy groups -OCH3 is 1. The highest BCUT2D eigenvalue weighted by Gasteiger charge is 2.13. The average molecular weight is 256 g/mol. The predicted octanol–water partition coefficient (Wildman–Crippen LogP) is 3.03. The molecule has 19 heavy (non-hydrogen) atoms. The molecule has 0 spiro atoms. The Morgan fingerprint density at radius 1 is 1.21 bits per heavy atom. The van der Waals surface area contributed by atoms with Crippen LogP contribution in [-0.2, 0) is 6.42 Å². The maximum Gasteiger partial charge on any atom is 0.141 e. The molecule has 2 aromatic rings. The monoisotopic (exact) mass is 256 g/mol. The summed E-state index contributed by atoms with van der Waals surface area (Å²) in [7, 11) is 1.65. The Morgan fingerprint density at radius 3 is 2.74 bits per heavy atom. The molecule has 1 heterocycles. The molecule has 0 aliphatic rings. The number of benzene rings is 1. The van der Waals surface area contributed by atoms with E-state index in [-0.39, 0.29) is 6.04 Å². The van der Waals surface area contributed by atoms with Crippen LogP contribution in [0.2, 0.25) is 0 Å². The van der Waals surface area contributed by atoms with Crippen LogP contribution in [0.5, 0.6) is 5.75 Å². The quantitative estimate of drug-likeness (QED) is 0.894. The molecule has 0 saturated heterocycles. The number of nitrogens with two attached hydrogens (primary N) is 1. The molecule has 3 nitrogen and oxygen atoms in total. The molecule has 0 fully saturated rings. The van der Waals surface area contributed by atoms with E-state index >= 15 is 0 Å². The van der Waals surface area contributed by atoms with Gasteiger partial charge in [-0.05, 0) is 43.0 Å². The zero-order valence-corrected chi connectivity index (χ0v) is 11.5. The molecule has 1 atom stereocenters. The Balaban J connectivity index is 2.05. The van der Waals surface area contributed by atoms with Gasteiger partial charge in [-0.3, -0.25) is 4.98 Å². The van der Waals surface area contributed by atoms with Gasteiger partial charge in [0.15, 0.2) is 0 Å². The van der Waals surface area contributed by atoms with Crippen LogP contribution in [0, 0.1) is 6.92 Å². The largest absolute Gasteiger partial charge is 0.495 e. The van der Waals surface area contributed by atoms with E-state index in [1.807, 2.05) is 12.1 Å². The van der Waals surface area contributed by atoms with Gasteiger partial charge in [0.2, 0.25) is 0 Å². The molecule has 2 N–H and O–H groups in total. The molecule has 0 aliphatic heterocycles. The predicted molar refractivity (Wildman–Crippen MR) is 77.2 cm³/mol. The standard InChI is InChI=1S/C16H20N2O/c1-12-6-3-4-7-13(12)9-10-14(17)16-15(19-2)8-5-11-18-16/h3-8,11,14H,9-10,17H2,1-2H3. The van der Waals surface area contributed by atoms with Crippen molar-refractivity contribution in [1.82, 2.24) is 4.98 Å². The van der Waals surface area contributed by atoms with Gasteiger partial charge in [-0.1, -0.05) is 24.3 Å². The first-order valence-corrected chi connectivity index (χ1v) is 6.51. The number of hydrogen-bond acceptors (Lipinski definition) is 3. The third-order valence-corrected chi connectivity index (χ3v) is 3.36. The molecule has 0 radical (unpaired) electrons. The second-order valence-electron chi connectivity index (χ2n) is 4.66. The topological polar surface area (TPSA) is 48.1 Å². The van der Waals surface area contributed by atoms with Crippen LogP contribution in [0.4, 0.5) is 0 Å². The van der Waals surface area contributed by atoms with Crippen LogP contribution in [-0.4, -0.2) is 12.1 Å². The first-order chi connectivity index (χ1) is 9.22. The van der Waals surface area contributed by atoms with Crippen molar-refractivity contribution < 1.29 is 4.74 Å². The van der Waals surface area contributed by atoms with Crippen LogP contribution in [0.15, 0.2) is 42.6 Å². The molecule has 0 aliphatic carbocycles. The van der Waals surface area contributed by atoms with E-state index in [4.69, 9.17) is 10.5 Å². The summed E-state index contributed by atoms with van der Waals surface area (Å²) < 4.78 is 5.30. The number of hydrogen-bond donors (Lipinski definition) is 1. The second-order valence-corrected chi connectivity index (χ2v) is 4.66. The molecule has 100 valence electrons. The zero-order valence-electron chi connectivity index (χ0n) is 11.5. The summed E-state index contributed by atoms with van der Waals surface area (Å²) in [5, 5.41) is 0. The zero-order chi connectivity index (χ0) is 13.7. The van der Waals surface area contributed by atoms with Crippen LogP contribution in [0.25, 0.3) is 0 Å². The number of pyridine rings is 1. The summed E-state index contributed by atoms with van der Waals surface area (Å²) in [4.78, 5) is 4.33. The smallest absolute Gasteiger partial charge is 0.141 e. The third-order valence-electron chi connectivity index (χ3n) is 3.36. The molecule has 0 saturated carbocycles. The van der Waals surface area contributed by atoms with Gasteiger partial charge in [-0.25, -0.2) is 0 Å². The number of nitrogens with zero attached hydrogens (tertiary/aromatic N) is 1. The minimum absolute atomic E-state index is 0.101. The second kappa shape index (κ2) is 6.34. The summed E-state index contributed by atoms with van der Waals surface area (Å²) >= 11 is 0. The summed E-state index contributed by atoms with van der Waals surface area (Å²) in [5.41, 5.74) is 9.71. The van der Waals surface area contributed by atoms with Crippen molar-refractivity contribution in [2.24, 2.45) is 5.73 Å². The van der Waals surface area contributed by atoms with Gasteiger partial charge >= 0.3 is 0 Å². The van der Waals surface area contributed by atoms with E-state index in [1.54, 1.807) is 13.3 Å². The van der Waals surface area contributed by atoms with Crippen molar-refractivity contribution in [2.45, 2.75) is 25.8 Å². The molecule has 2 rings (SSSR count). The highest BCUT2D eigenvalue weighted by Crippen LogP contribution is 2.24. The SMILES string of the molecule is COc1cccnc1C(N)CCc1ccccc1C. The minimum Gasteiger partial charge on any atom is -0.495 e. The van der Waals surface area contributed by atoms with Crippen LogP contribution >= 0.6 is 0 Å². The minimum atomic E-state index is -0.101. The summed E-state index contributed by atoms with van der Waals surface area (Å²) in [6.45, 7) is 2.13. The first-order valence-electron chi connectivity index (χ1n) is 6.51. The van der Waals surface area contributed by atoms with Gasteiger partial charge in [-0.2, -0.15) is 0 Å². The van der Waals surface area contributed by atoms with Gasteiger partial charge in [0.25, 0.3) is 0 Å². The van der Waals surface area contributed by atoms with Crippen molar-refractivity contribution in [3.8, 4) is 5.75 Å². The van der Waals surface area contributed by atoms with Crippen molar-refractivity contribution in [3.05, 3.63) is 59.4 Å². The average Bonchev–Trinajstić information content (AvgIpc) is 2.46. The van der Waals surface area contributed by atoms with Crippen molar-refractivity contribution in [3.63, 3.8) is 0 Å². The lowest BCUT2D eigenvalue weighted by Gasteiger charge is -2.15. The van der Waals surface area contributed by atoms with E-state index in [0.29, 0.717) is 0 Å². The Kier molecular flexibility index (Phi) is 4.53. The van der Waals surface area contributed by atoms with Gasteiger partial charge in [-0.15, -0.1) is 0 Å². The normalized spacial score (nSPS) is 12.2. The van der Waals surface area contributed by atoms with Gasteiger partial charge in [0.05, 0.1) is 18.8 Å². The molecular weight excluding hydrogens is 236 g/mol. The van der Waals surface area contributed by atoms with E-state index in [9.17, 15) is 0 Å². The summed E-state index contributed by atoms with van der Waals surface area (Å²) in [6, 6.07) is 12.1. The molecular formula is C16H20N2O. The van der Waals surface area contributed by atoms with E-state index in [1.165, 1.54) is 11.1 Å². The van der Waals surface area contributed by atoms with Crippen molar-refractivity contribution >= 4 is 0 Å². The van der Waals surface area contributed by atoms with E-state index < -0.39 is 0 Å². The highest BCUT2D eigenvalue weighted by atomic mass is 16.5. The van der Waals surface area contributed by atoms with E-state index in [0.717, 1.165) is 24.3 Å². The highest BCUT2D eigenvalue weighted by molar-refractivity contribution is 5.30. The van der Waals surface area contributed by atoms with Crippen LogP contribution in [0.1, 0.15) is 29.3 Å². The molecule has 0 bridgehead atoms. The molecule has 1 unspecified atom stereocenters. The van der Waals surface area contributed by atoms with Crippen molar-refractivity contribution in [1.29, 1.82) is 0 Å². The van der Waals surface area contributed by atoms with E-state index in [2.05, 4.69) is 36.2 Å². The maximum atomic E-state index is 6.23. The summed E-state index contributed by atoms with van der Waals surface area (Å²) in [6.07, 6.45) is 3.57. The Labute approximate surface area is 114 Å². The molecule has 1 aromatic carbocycles. The van der Waals surface area contributed by atoms with Gasteiger partial charge in [0.1, 0.15) is 5.75 Å². The third kappa shape index (κ3) is 3.32. The first kappa shape index (κ1) is 13.6. The number of ether oxygens (including phenoxy) is 1. The maximum absolute atomic E-state index is 6.23. The number of rotatable bonds is 5. The lowest BCUT2D eigenvalue weighted by Crippen LogP contribution is -2.14. The molecule has 3 heteroatoms. The number of aromatic nitrogens is 1. The Bertz CT molecular complexity index is 540. The lowest BCUT2D eigenvalue weighted by molar-refractivity contribution is 0.400. The fraction of sp³-hybridized carbons (Fsp3) is 0.312. The Morgan fingerprint density at radius 2 is 2.00 bits per heavy atom.